The Morgan fingerprint density at radius 3 is 2.38 bits per heavy atom. The number of nitro benzene ring substituents is 1. The molecule has 0 aliphatic carbocycles. The van der Waals surface area contributed by atoms with Gasteiger partial charge in [0.2, 0.25) is 5.91 Å². The molecule has 7 nitrogen and oxygen atoms in total. The van der Waals surface area contributed by atoms with E-state index < -0.39 is 4.92 Å². The van der Waals surface area contributed by atoms with Crippen molar-refractivity contribution in [2.24, 2.45) is 5.92 Å². The lowest BCUT2D eigenvalue weighted by atomic mass is 9.95. The van der Waals surface area contributed by atoms with Gasteiger partial charge in [0, 0.05) is 42.7 Å². The average molecular weight is 333 g/mol. The van der Waals surface area contributed by atoms with Crippen LogP contribution in [0.5, 0.6) is 0 Å². The van der Waals surface area contributed by atoms with Crippen LogP contribution >= 0.6 is 0 Å². The predicted octanol–water partition coefficient (Wildman–Crippen LogP) is 2.36. The van der Waals surface area contributed by atoms with Crippen LogP contribution < -0.4 is 5.32 Å². The molecule has 0 unspecified atom stereocenters. The maximum atomic E-state index is 12.4. The van der Waals surface area contributed by atoms with Gasteiger partial charge in [-0.1, -0.05) is 6.92 Å². The van der Waals surface area contributed by atoms with Crippen LogP contribution in [-0.4, -0.2) is 40.8 Å². The van der Waals surface area contributed by atoms with E-state index in [1.807, 2.05) is 13.8 Å². The molecular formula is C17H23N3O4. The van der Waals surface area contributed by atoms with E-state index >= 15 is 0 Å². The van der Waals surface area contributed by atoms with E-state index in [0.717, 1.165) is 6.42 Å². The molecule has 0 radical (unpaired) electrons. The summed E-state index contributed by atoms with van der Waals surface area (Å²) in [5.74, 6) is -0.141. The van der Waals surface area contributed by atoms with Crippen molar-refractivity contribution in [1.82, 2.24) is 10.2 Å². The minimum absolute atomic E-state index is 0.0352. The fraction of sp³-hybridized carbons (Fsp3) is 0.529. The van der Waals surface area contributed by atoms with Gasteiger partial charge in [-0.15, -0.1) is 0 Å². The molecule has 130 valence electrons. The molecule has 1 atom stereocenters. The van der Waals surface area contributed by atoms with Crippen LogP contribution in [0.2, 0.25) is 0 Å². The molecule has 1 N–H and O–H groups in total. The molecule has 2 amide bonds. The molecule has 0 spiro atoms. The highest BCUT2D eigenvalue weighted by Gasteiger charge is 2.28. The van der Waals surface area contributed by atoms with E-state index in [4.69, 9.17) is 0 Å². The highest BCUT2D eigenvalue weighted by Crippen LogP contribution is 2.20. The molecule has 1 fully saturated rings. The Bertz CT molecular complexity index is 607. The number of hydrogen-bond donors (Lipinski definition) is 1. The molecule has 1 aromatic rings. The maximum Gasteiger partial charge on any atom is 0.269 e. The van der Waals surface area contributed by atoms with Crippen molar-refractivity contribution >= 4 is 17.5 Å². The second-order valence-corrected chi connectivity index (χ2v) is 6.19. The Morgan fingerprint density at radius 2 is 1.88 bits per heavy atom. The number of piperidine rings is 1. The summed E-state index contributed by atoms with van der Waals surface area (Å²) >= 11 is 0. The van der Waals surface area contributed by atoms with Crippen molar-refractivity contribution in [1.29, 1.82) is 0 Å². The van der Waals surface area contributed by atoms with Gasteiger partial charge in [0.25, 0.3) is 11.6 Å². The summed E-state index contributed by atoms with van der Waals surface area (Å²) < 4.78 is 0. The molecular weight excluding hydrogens is 310 g/mol. The van der Waals surface area contributed by atoms with Crippen molar-refractivity contribution < 1.29 is 14.5 Å². The fourth-order valence-corrected chi connectivity index (χ4v) is 2.72. The van der Waals surface area contributed by atoms with Crippen molar-refractivity contribution in [2.45, 2.75) is 39.2 Å². The van der Waals surface area contributed by atoms with Crippen LogP contribution in [0.3, 0.4) is 0 Å². The van der Waals surface area contributed by atoms with Crippen molar-refractivity contribution in [3.8, 4) is 0 Å². The summed E-state index contributed by atoms with van der Waals surface area (Å²) in [7, 11) is 0. The lowest BCUT2D eigenvalue weighted by molar-refractivity contribution is -0.384. The van der Waals surface area contributed by atoms with E-state index in [1.165, 1.54) is 24.3 Å². The molecule has 1 heterocycles. The van der Waals surface area contributed by atoms with Crippen LogP contribution in [0.15, 0.2) is 24.3 Å². The van der Waals surface area contributed by atoms with E-state index in [1.54, 1.807) is 4.90 Å². The summed E-state index contributed by atoms with van der Waals surface area (Å²) in [6.07, 6.45) is 2.17. The summed E-state index contributed by atoms with van der Waals surface area (Å²) in [5.41, 5.74) is 0.398. The number of rotatable bonds is 5. The first kappa shape index (κ1) is 17.9. The van der Waals surface area contributed by atoms with Gasteiger partial charge in [0.05, 0.1) is 4.92 Å². The summed E-state index contributed by atoms with van der Waals surface area (Å²) in [6, 6.07) is 5.78. The van der Waals surface area contributed by atoms with Crippen LogP contribution in [0.25, 0.3) is 0 Å². The molecule has 1 aliphatic heterocycles. The number of carbonyl (C=O) groups is 2. The van der Waals surface area contributed by atoms with Crippen LogP contribution in [0.4, 0.5) is 5.69 Å². The number of nitro groups is 1. The number of hydrogen-bond acceptors (Lipinski definition) is 4. The van der Waals surface area contributed by atoms with Gasteiger partial charge in [-0.05, 0) is 38.3 Å². The Morgan fingerprint density at radius 1 is 1.29 bits per heavy atom. The van der Waals surface area contributed by atoms with E-state index in [0.29, 0.717) is 31.5 Å². The van der Waals surface area contributed by atoms with Gasteiger partial charge in [-0.3, -0.25) is 19.7 Å². The third-order valence-electron chi connectivity index (χ3n) is 4.48. The monoisotopic (exact) mass is 333 g/mol. The SMILES string of the molecule is CC[C@@H](C)NC(=O)C1CCN(C(=O)c2ccc([N+](=O)[O-])cc2)CC1. The zero-order chi connectivity index (χ0) is 17.7. The number of non-ortho nitro benzene ring substituents is 1. The molecule has 1 aromatic carbocycles. The number of nitrogens with zero attached hydrogens (tertiary/aromatic N) is 2. The van der Waals surface area contributed by atoms with Gasteiger partial charge in [0.15, 0.2) is 0 Å². The largest absolute Gasteiger partial charge is 0.353 e. The van der Waals surface area contributed by atoms with Crippen molar-refractivity contribution in [3.05, 3.63) is 39.9 Å². The molecule has 1 aliphatic rings. The average Bonchev–Trinajstić information content (AvgIpc) is 2.61. The number of amides is 2. The summed E-state index contributed by atoms with van der Waals surface area (Å²) in [6.45, 7) is 5.05. The Hall–Kier alpha value is -2.44. The quantitative estimate of drug-likeness (QED) is 0.661. The summed E-state index contributed by atoms with van der Waals surface area (Å²) in [5, 5.41) is 13.6. The minimum Gasteiger partial charge on any atom is -0.353 e. The highest BCUT2D eigenvalue weighted by molar-refractivity contribution is 5.94. The standard InChI is InChI=1S/C17H23N3O4/c1-3-12(2)18-16(21)13-8-10-19(11-9-13)17(22)14-4-6-15(7-5-14)20(23)24/h4-7,12-13H,3,8-11H2,1-2H3,(H,18,21)/t12-/m1/s1. The smallest absolute Gasteiger partial charge is 0.269 e. The van der Waals surface area contributed by atoms with Crippen LogP contribution in [0.1, 0.15) is 43.5 Å². The van der Waals surface area contributed by atoms with Crippen molar-refractivity contribution in [2.75, 3.05) is 13.1 Å². The Balaban J connectivity index is 1.90. The molecule has 0 aromatic heterocycles. The lowest BCUT2D eigenvalue weighted by Crippen LogP contribution is -2.44. The zero-order valence-electron chi connectivity index (χ0n) is 14.0. The summed E-state index contributed by atoms with van der Waals surface area (Å²) in [4.78, 5) is 36.4. The van der Waals surface area contributed by atoms with Gasteiger partial charge in [0.1, 0.15) is 0 Å². The third kappa shape index (κ3) is 4.31. The zero-order valence-corrected chi connectivity index (χ0v) is 14.0. The van der Waals surface area contributed by atoms with Gasteiger partial charge < -0.3 is 10.2 Å². The predicted molar refractivity (Wildman–Crippen MR) is 89.6 cm³/mol. The normalized spacial score (nSPS) is 16.5. The molecule has 0 saturated carbocycles. The van der Waals surface area contributed by atoms with Crippen molar-refractivity contribution in [3.63, 3.8) is 0 Å². The molecule has 0 bridgehead atoms. The first-order chi connectivity index (χ1) is 11.4. The van der Waals surface area contributed by atoms with Gasteiger partial charge in [-0.25, -0.2) is 0 Å². The molecule has 7 heteroatoms. The van der Waals surface area contributed by atoms with Crippen LogP contribution in [0, 0.1) is 16.0 Å². The highest BCUT2D eigenvalue weighted by atomic mass is 16.6. The van der Waals surface area contributed by atoms with Crippen LogP contribution in [-0.2, 0) is 4.79 Å². The number of carbonyl (C=O) groups excluding carboxylic acids is 2. The second kappa shape index (κ2) is 7.90. The molecule has 1 saturated heterocycles. The van der Waals surface area contributed by atoms with Gasteiger partial charge >= 0.3 is 0 Å². The molecule has 24 heavy (non-hydrogen) atoms. The first-order valence-corrected chi connectivity index (χ1v) is 8.26. The number of nitrogens with one attached hydrogen (secondary N) is 1. The fourth-order valence-electron chi connectivity index (χ4n) is 2.72. The third-order valence-corrected chi connectivity index (χ3v) is 4.48. The Labute approximate surface area is 141 Å². The van der Waals surface area contributed by atoms with Gasteiger partial charge in [-0.2, -0.15) is 0 Å². The lowest BCUT2D eigenvalue weighted by Gasteiger charge is -2.32. The van der Waals surface area contributed by atoms with E-state index in [2.05, 4.69) is 5.32 Å². The minimum atomic E-state index is -0.490. The molecule has 2 rings (SSSR count). The number of likely N-dealkylation sites (tertiary alicyclic amines) is 1. The van der Waals surface area contributed by atoms with E-state index in [9.17, 15) is 19.7 Å². The van der Waals surface area contributed by atoms with E-state index in [-0.39, 0.29) is 29.5 Å². The first-order valence-electron chi connectivity index (χ1n) is 8.26. The maximum absolute atomic E-state index is 12.4. The topological polar surface area (TPSA) is 92.6 Å². The second-order valence-electron chi connectivity index (χ2n) is 6.19. The Kier molecular flexibility index (Phi) is 5.89. The number of benzene rings is 1.